The van der Waals surface area contributed by atoms with Crippen molar-refractivity contribution in [1.82, 2.24) is 15.5 Å². The van der Waals surface area contributed by atoms with E-state index in [-0.39, 0.29) is 29.3 Å². The molecule has 32 heavy (non-hydrogen) atoms. The summed E-state index contributed by atoms with van der Waals surface area (Å²) in [5, 5.41) is 10.8. The number of esters is 1. The van der Waals surface area contributed by atoms with Crippen LogP contribution < -0.4 is 19.5 Å². The Kier molecular flexibility index (Phi) is 7.60. The number of nitrogens with one attached hydrogen (secondary N) is 1. The summed E-state index contributed by atoms with van der Waals surface area (Å²) in [6.45, 7) is 0.0241. The van der Waals surface area contributed by atoms with E-state index >= 15 is 0 Å². The maximum absolute atomic E-state index is 12.5. The Bertz CT molecular complexity index is 1070. The average Bonchev–Trinajstić information content (AvgIpc) is 3.49. The van der Waals surface area contributed by atoms with Crippen molar-refractivity contribution >= 4 is 23.6 Å². The van der Waals surface area contributed by atoms with Gasteiger partial charge in [-0.15, -0.1) is 10.2 Å². The van der Waals surface area contributed by atoms with Crippen LogP contribution in [0.4, 0.5) is 0 Å². The monoisotopic (exact) mass is 463 g/mol. The first-order valence-electron chi connectivity index (χ1n) is 9.19. The van der Waals surface area contributed by atoms with Crippen LogP contribution in [0.5, 0.6) is 17.2 Å². The molecule has 11 nitrogen and oxygen atoms in total. The van der Waals surface area contributed by atoms with Crippen LogP contribution in [0.1, 0.15) is 32.6 Å². The number of amides is 1. The highest BCUT2D eigenvalue weighted by atomic mass is 32.2. The fourth-order valence-electron chi connectivity index (χ4n) is 2.64. The molecule has 0 aliphatic rings. The molecule has 170 valence electrons. The highest BCUT2D eigenvalue weighted by molar-refractivity contribution is 7.98. The lowest BCUT2D eigenvalue weighted by molar-refractivity contribution is 0.0563. The minimum Gasteiger partial charge on any atom is -0.493 e. The van der Waals surface area contributed by atoms with Gasteiger partial charge < -0.3 is 33.1 Å². The van der Waals surface area contributed by atoms with Crippen molar-refractivity contribution in [1.29, 1.82) is 0 Å². The molecule has 3 aromatic rings. The van der Waals surface area contributed by atoms with Crippen molar-refractivity contribution < 1.29 is 37.4 Å². The summed E-state index contributed by atoms with van der Waals surface area (Å²) in [7, 11) is 5.69. The fourth-order valence-corrected chi connectivity index (χ4v) is 3.31. The molecule has 0 bridgehead atoms. The smallest absolute Gasteiger partial charge is 0.373 e. The Labute approximate surface area is 187 Å². The number of furan rings is 1. The third-order valence-corrected chi connectivity index (χ3v) is 5.00. The number of aromatic nitrogens is 2. The number of benzene rings is 1. The second-order valence-electron chi connectivity index (χ2n) is 6.10. The molecule has 1 aromatic carbocycles. The molecule has 2 aromatic heterocycles. The molecule has 0 radical (unpaired) electrons. The van der Waals surface area contributed by atoms with Gasteiger partial charge in [-0.25, -0.2) is 4.79 Å². The van der Waals surface area contributed by atoms with Crippen molar-refractivity contribution in [3.05, 3.63) is 47.2 Å². The molecule has 1 N–H and O–H groups in total. The molecule has 3 rings (SSSR count). The van der Waals surface area contributed by atoms with Gasteiger partial charge in [-0.05, 0) is 24.3 Å². The third-order valence-electron chi connectivity index (χ3n) is 4.16. The molecule has 0 aliphatic heterocycles. The van der Waals surface area contributed by atoms with Crippen LogP contribution >= 0.6 is 11.8 Å². The van der Waals surface area contributed by atoms with Crippen LogP contribution in [0.25, 0.3) is 0 Å². The maximum Gasteiger partial charge on any atom is 0.373 e. The lowest BCUT2D eigenvalue weighted by Gasteiger charge is -2.13. The highest BCUT2D eigenvalue weighted by Gasteiger charge is 2.18. The summed E-state index contributed by atoms with van der Waals surface area (Å²) in [4.78, 5) is 24.0. The lowest BCUT2D eigenvalue weighted by Crippen LogP contribution is -2.23. The standard InChI is InChI=1S/C20H21N3O8S/c1-26-14-7-11(8-15(27-2)17(14)28-3)18(24)21-9-16-22-23-20(31-16)32-10-12-5-6-13(30-12)19(25)29-4/h5-8H,9-10H2,1-4H3,(H,21,24). The number of nitrogens with zero attached hydrogens (tertiary/aromatic N) is 2. The molecular weight excluding hydrogens is 442 g/mol. The number of methoxy groups -OCH3 is 4. The van der Waals surface area contributed by atoms with E-state index in [1.54, 1.807) is 6.07 Å². The fraction of sp³-hybridized carbons (Fsp3) is 0.300. The maximum atomic E-state index is 12.5. The highest BCUT2D eigenvalue weighted by Crippen LogP contribution is 2.38. The normalized spacial score (nSPS) is 10.5. The predicted molar refractivity (Wildman–Crippen MR) is 111 cm³/mol. The Morgan fingerprint density at radius 3 is 2.34 bits per heavy atom. The van der Waals surface area contributed by atoms with Gasteiger partial charge in [0.2, 0.25) is 17.4 Å². The number of hydrogen-bond donors (Lipinski definition) is 1. The number of carbonyl (C=O) groups is 2. The number of thioether (sulfide) groups is 1. The minimum atomic E-state index is -0.552. The molecule has 0 unspecified atom stereocenters. The SMILES string of the molecule is COC(=O)c1ccc(CSc2nnc(CNC(=O)c3cc(OC)c(OC)c(OC)c3)o2)o1. The van der Waals surface area contributed by atoms with Crippen LogP contribution in [0, 0.1) is 0 Å². The van der Waals surface area contributed by atoms with Crippen molar-refractivity contribution in [3.63, 3.8) is 0 Å². The topological polar surface area (TPSA) is 135 Å². The van der Waals surface area contributed by atoms with Gasteiger partial charge in [-0.3, -0.25) is 4.79 Å². The van der Waals surface area contributed by atoms with Crippen LogP contribution in [-0.4, -0.2) is 50.5 Å². The van der Waals surface area contributed by atoms with Gasteiger partial charge in [0.25, 0.3) is 11.1 Å². The third kappa shape index (κ3) is 5.32. The molecule has 2 heterocycles. The summed E-state index contributed by atoms with van der Waals surface area (Å²) in [5.74, 6) is 1.43. The second kappa shape index (κ2) is 10.6. The number of hydrogen-bond acceptors (Lipinski definition) is 11. The second-order valence-corrected chi connectivity index (χ2v) is 7.03. The first-order chi connectivity index (χ1) is 15.5. The Morgan fingerprint density at radius 1 is 1.00 bits per heavy atom. The average molecular weight is 463 g/mol. The van der Waals surface area contributed by atoms with Crippen molar-refractivity contribution in [2.45, 2.75) is 17.5 Å². The van der Waals surface area contributed by atoms with Crippen LogP contribution in [-0.2, 0) is 17.0 Å². The number of carbonyl (C=O) groups excluding carboxylic acids is 2. The quantitative estimate of drug-likeness (QED) is 0.351. The zero-order valence-corrected chi connectivity index (χ0v) is 18.6. The van der Waals surface area contributed by atoms with Crippen molar-refractivity contribution in [2.75, 3.05) is 28.4 Å². The molecule has 0 saturated carbocycles. The van der Waals surface area contributed by atoms with Gasteiger partial charge in [-0.1, -0.05) is 11.8 Å². The zero-order chi connectivity index (χ0) is 23.1. The van der Waals surface area contributed by atoms with Gasteiger partial charge in [0.05, 0.1) is 40.7 Å². The summed E-state index contributed by atoms with van der Waals surface area (Å²) < 4.78 is 31.3. The molecular formula is C20H21N3O8S. The first kappa shape index (κ1) is 23.0. The zero-order valence-electron chi connectivity index (χ0n) is 17.8. The van der Waals surface area contributed by atoms with E-state index in [0.29, 0.717) is 34.3 Å². The van der Waals surface area contributed by atoms with E-state index in [2.05, 4.69) is 20.3 Å². The van der Waals surface area contributed by atoms with Crippen molar-refractivity contribution in [3.8, 4) is 17.2 Å². The number of rotatable bonds is 10. The van der Waals surface area contributed by atoms with E-state index in [1.165, 1.54) is 58.4 Å². The van der Waals surface area contributed by atoms with Crippen molar-refractivity contribution in [2.24, 2.45) is 0 Å². The minimum absolute atomic E-state index is 0.0241. The van der Waals surface area contributed by atoms with Crippen LogP contribution in [0.15, 0.2) is 38.3 Å². The molecule has 0 saturated heterocycles. The Hall–Kier alpha value is -3.67. The molecule has 0 spiro atoms. The molecule has 0 fully saturated rings. The Balaban J connectivity index is 1.57. The Morgan fingerprint density at radius 2 is 1.72 bits per heavy atom. The molecule has 0 aliphatic carbocycles. The molecule has 0 atom stereocenters. The molecule has 12 heteroatoms. The van der Waals surface area contributed by atoms with Gasteiger partial charge >= 0.3 is 5.97 Å². The van der Waals surface area contributed by atoms with Gasteiger partial charge in [0, 0.05) is 5.56 Å². The largest absolute Gasteiger partial charge is 0.493 e. The molecule has 1 amide bonds. The van der Waals surface area contributed by atoms with E-state index in [0.717, 1.165) is 0 Å². The predicted octanol–water partition coefficient (Wildman–Crippen LogP) is 2.70. The van der Waals surface area contributed by atoms with Gasteiger partial charge in [-0.2, -0.15) is 0 Å². The first-order valence-corrected chi connectivity index (χ1v) is 10.2. The van der Waals surface area contributed by atoms with E-state index in [1.807, 2.05) is 0 Å². The summed E-state index contributed by atoms with van der Waals surface area (Å²) in [6.07, 6.45) is 0. The van der Waals surface area contributed by atoms with Gasteiger partial charge in [0.1, 0.15) is 5.76 Å². The van der Waals surface area contributed by atoms with Crippen LogP contribution in [0.2, 0.25) is 0 Å². The van der Waals surface area contributed by atoms with Gasteiger partial charge in [0.15, 0.2) is 11.5 Å². The summed E-state index contributed by atoms with van der Waals surface area (Å²) in [6, 6.07) is 6.27. The summed E-state index contributed by atoms with van der Waals surface area (Å²) >= 11 is 1.23. The number of ether oxygens (including phenoxy) is 4. The summed E-state index contributed by atoms with van der Waals surface area (Å²) in [5.41, 5.74) is 0.313. The van der Waals surface area contributed by atoms with E-state index < -0.39 is 5.97 Å². The van der Waals surface area contributed by atoms with E-state index in [4.69, 9.17) is 23.0 Å². The van der Waals surface area contributed by atoms with Crippen LogP contribution in [0.3, 0.4) is 0 Å². The lowest BCUT2D eigenvalue weighted by atomic mass is 10.1. The van der Waals surface area contributed by atoms with E-state index in [9.17, 15) is 9.59 Å².